The summed E-state index contributed by atoms with van der Waals surface area (Å²) in [6, 6.07) is 5.76. The number of ether oxygens (including phenoxy) is 1. The van der Waals surface area contributed by atoms with Crippen molar-refractivity contribution in [2.75, 3.05) is 0 Å². The van der Waals surface area contributed by atoms with Crippen LogP contribution in [0, 0.1) is 11.3 Å². The molecule has 2 rings (SSSR count). The quantitative estimate of drug-likeness (QED) is 0.847. The summed E-state index contributed by atoms with van der Waals surface area (Å²) < 4.78 is 42.0. The summed E-state index contributed by atoms with van der Waals surface area (Å²) >= 11 is 0. The zero-order valence-electron chi connectivity index (χ0n) is 9.87. The maximum Gasteiger partial charge on any atom is 0.416 e. The van der Waals surface area contributed by atoms with Crippen molar-refractivity contribution >= 4 is 5.90 Å². The summed E-state index contributed by atoms with van der Waals surface area (Å²) in [7, 11) is 0. The molecule has 0 aliphatic carbocycles. The maximum atomic E-state index is 12.4. The molecule has 1 aliphatic heterocycles. The van der Waals surface area contributed by atoms with E-state index in [0.29, 0.717) is 11.1 Å². The molecule has 2 N–H and O–H groups in total. The first-order valence-electron chi connectivity index (χ1n) is 5.51. The highest BCUT2D eigenvalue weighted by atomic mass is 19.4. The van der Waals surface area contributed by atoms with Gasteiger partial charge < -0.3 is 14.9 Å². The Morgan fingerprint density at radius 1 is 1.30 bits per heavy atom. The predicted molar refractivity (Wildman–Crippen MR) is 60.6 cm³/mol. The molecule has 1 aromatic rings. The van der Waals surface area contributed by atoms with Crippen molar-refractivity contribution in [3.05, 3.63) is 35.4 Å². The first-order valence-corrected chi connectivity index (χ1v) is 5.51. The molecule has 1 heterocycles. The Labute approximate surface area is 111 Å². The van der Waals surface area contributed by atoms with E-state index in [-0.39, 0.29) is 5.90 Å². The van der Waals surface area contributed by atoms with Crippen LogP contribution in [0.2, 0.25) is 0 Å². The van der Waals surface area contributed by atoms with Crippen LogP contribution < -0.4 is 0 Å². The summed E-state index contributed by atoms with van der Waals surface area (Å²) in [4.78, 5) is 3.55. The summed E-state index contributed by atoms with van der Waals surface area (Å²) in [6.45, 7) is 0. The number of rotatable bonds is 2. The van der Waals surface area contributed by atoms with Gasteiger partial charge in [-0.3, -0.25) is 0 Å². The first kappa shape index (κ1) is 14.3. The van der Waals surface area contributed by atoms with Crippen molar-refractivity contribution in [3.8, 4) is 6.07 Å². The van der Waals surface area contributed by atoms with Crippen LogP contribution in [0.25, 0.3) is 0 Å². The molecule has 106 valence electrons. The fraction of sp³-hybridized carbons (Fsp3) is 0.333. The third-order valence-electron chi connectivity index (χ3n) is 2.71. The van der Waals surface area contributed by atoms with Crippen molar-refractivity contribution in [3.63, 3.8) is 0 Å². The van der Waals surface area contributed by atoms with Gasteiger partial charge in [-0.15, -0.1) is 0 Å². The minimum atomic E-state index is -4.90. The lowest BCUT2D eigenvalue weighted by Gasteiger charge is -2.20. The van der Waals surface area contributed by atoms with Crippen LogP contribution >= 0.6 is 0 Å². The Morgan fingerprint density at radius 3 is 2.40 bits per heavy atom. The van der Waals surface area contributed by atoms with Gasteiger partial charge >= 0.3 is 6.18 Å². The molecule has 3 atom stereocenters. The number of nitriles is 1. The SMILES string of the molecule is N#Cc1ccc(C2=NC(C(O)C(F)(F)F)C(O)O2)cc1. The number of hydrogen-bond donors (Lipinski definition) is 2. The summed E-state index contributed by atoms with van der Waals surface area (Å²) in [5.41, 5.74) is 0.666. The fourth-order valence-electron chi connectivity index (χ4n) is 1.66. The molecule has 0 aromatic heterocycles. The molecule has 0 saturated heterocycles. The molecule has 8 heteroatoms. The number of aliphatic hydroxyl groups excluding tert-OH is 2. The van der Waals surface area contributed by atoms with Gasteiger partial charge in [-0.1, -0.05) is 0 Å². The normalized spacial score (nSPS) is 23.7. The van der Waals surface area contributed by atoms with E-state index in [1.54, 1.807) is 0 Å². The van der Waals surface area contributed by atoms with Crippen molar-refractivity contribution in [2.45, 2.75) is 24.6 Å². The zero-order chi connectivity index (χ0) is 14.9. The lowest BCUT2D eigenvalue weighted by Crippen LogP contribution is -2.43. The van der Waals surface area contributed by atoms with Crippen LogP contribution in [0.4, 0.5) is 13.2 Å². The standard InChI is InChI=1S/C12H9F3N2O3/c13-12(14,15)9(18)8-11(19)20-10(17-8)7-3-1-6(5-16)2-4-7/h1-4,8-9,11,18-19H. The largest absolute Gasteiger partial charge is 0.445 e. The minimum Gasteiger partial charge on any atom is -0.445 e. The minimum absolute atomic E-state index is 0.213. The van der Waals surface area contributed by atoms with E-state index in [1.807, 2.05) is 6.07 Å². The first-order chi connectivity index (χ1) is 9.32. The van der Waals surface area contributed by atoms with Gasteiger partial charge in [0, 0.05) is 5.56 Å². The van der Waals surface area contributed by atoms with E-state index >= 15 is 0 Å². The van der Waals surface area contributed by atoms with Crippen molar-refractivity contribution in [2.24, 2.45) is 4.99 Å². The van der Waals surface area contributed by atoms with Gasteiger partial charge in [0.1, 0.15) is 0 Å². The van der Waals surface area contributed by atoms with Gasteiger partial charge in [0.15, 0.2) is 12.1 Å². The summed E-state index contributed by atoms with van der Waals surface area (Å²) in [5, 5.41) is 27.1. The van der Waals surface area contributed by atoms with Crippen molar-refractivity contribution in [1.82, 2.24) is 0 Å². The van der Waals surface area contributed by atoms with Gasteiger partial charge in [0.2, 0.25) is 12.2 Å². The molecule has 1 aliphatic rings. The predicted octanol–water partition coefficient (Wildman–Crippen LogP) is 0.945. The molecule has 0 saturated carbocycles. The molecule has 0 radical (unpaired) electrons. The highest BCUT2D eigenvalue weighted by Gasteiger charge is 2.49. The monoisotopic (exact) mass is 286 g/mol. The van der Waals surface area contributed by atoms with Crippen LogP contribution in [0.15, 0.2) is 29.3 Å². The molecular weight excluding hydrogens is 277 g/mol. The molecule has 20 heavy (non-hydrogen) atoms. The van der Waals surface area contributed by atoms with E-state index in [9.17, 15) is 18.3 Å². The Kier molecular flexibility index (Phi) is 3.65. The number of aliphatic hydroxyl groups is 2. The maximum absolute atomic E-state index is 12.4. The Balaban J connectivity index is 2.24. The van der Waals surface area contributed by atoms with E-state index in [4.69, 9.17) is 15.1 Å². The number of aliphatic imine (C=N–C) groups is 1. The van der Waals surface area contributed by atoms with Crippen LogP contribution in [0.3, 0.4) is 0 Å². The topological polar surface area (TPSA) is 85.8 Å². The smallest absolute Gasteiger partial charge is 0.416 e. The molecule has 0 fully saturated rings. The second kappa shape index (κ2) is 5.11. The fourth-order valence-corrected chi connectivity index (χ4v) is 1.66. The number of nitrogens with zero attached hydrogens (tertiary/aromatic N) is 2. The van der Waals surface area contributed by atoms with Crippen molar-refractivity contribution in [1.29, 1.82) is 5.26 Å². The molecule has 5 nitrogen and oxygen atoms in total. The summed E-state index contributed by atoms with van der Waals surface area (Å²) in [6.07, 6.45) is -9.59. The Hall–Kier alpha value is -2.11. The summed E-state index contributed by atoms with van der Waals surface area (Å²) in [5.74, 6) is -0.213. The molecule has 3 unspecified atom stereocenters. The van der Waals surface area contributed by atoms with Crippen LogP contribution in [-0.2, 0) is 4.74 Å². The lowest BCUT2D eigenvalue weighted by molar-refractivity contribution is -0.223. The number of alkyl halides is 3. The number of hydrogen-bond acceptors (Lipinski definition) is 5. The average molecular weight is 286 g/mol. The van der Waals surface area contributed by atoms with E-state index < -0.39 is 24.6 Å². The number of benzene rings is 1. The van der Waals surface area contributed by atoms with Crippen LogP contribution in [0.1, 0.15) is 11.1 Å². The zero-order valence-corrected chi connectivity index (χ0v) is 9.87. The van der Waals surface area contributed by atoms with Crippen LogP contribution in [-0.4, -0.2) is 40.7 Å². The van der Waals surface area contributed by atoms with Gasteiger partial charge in [-0.2, -0.15) is 18.4 Å². The molecule has 0 spiro atoms. The Bertz CT molecular complexity index is 563. The average Bonchev–Trinajstić information content (AvgIpc) is 2.79. The molecular formula is C12H9F3N2O3. The van der Waals surface area contributed by atoms with E-state index in [1.165, 1.54) is 24.3 Å². The van der Waals surface area contributed by atoms with Crippen LogP contribution in [0.5, 0.6) is 0 Å². The van der Waals surface area contributed by atoms with Gasteiger partial charge in [-0.05, 0) is 24.3 Å². The molecule has 0 amide bonds. The van der Waals surface area contributed by atoms with Gasteiger partial charge in [-0.25, -0.2) is 4.99 Å². The third kappa shape index (κ3) is 2.74. The highest BCUT2D eigenvalue weighted by Crippen LogP contribution is 2.29. The van der Waals surface area contributed by atoms with Gasteiger partial charge in [0.05, 0.1) is 11.6 Å². The van der Waals surface area contributed by atoms with E-state index in [2.05, 4.69) is 4.99 Å². The van der Waals surface area contributed by atoms with E-state index in [0.717, 1.165) is 0 Å². The second-order valence-electron chi connectivity index (χ2n) is 4.11. The van der Waals surface area contributed by atoms with Crippen molar-refractivity contribution < 1.29 is 28.1 Å². The molecule has 1 aromatic carbocycles. The lowest BCUT2D eigenvalue weighted by atomic mass is 10.1. The third-order valence-corrected chi connectivity index (χ3v) is 2.71. The number of halogens is 3. The molecule has 0 bridgehead atoms. The highest BCUT2D eigenvalue weighted by molar-refractivity contribution is 5.95. The second-order valence-corrected chi connectivity index (χ2v) is 4.11. The Morgan fingerprint density at radius 2 is 1.90 bits per heavy atom. The van der Waals surface area contributed by atoms with Gasteiger partial charge in [0.25, 0.3) is 0 Å².